The van der Waals surface area contributed by atoms with Crippen molar-refractivity contribution in [1.29, 1.82) is 0 Å². The third-order valence-corrected chi connectivity index (χ3v) is 5.59. The maximum Gasteiger partial charge on any atom is 0.251 e. The second-order valence-electron chi connectivity index (χ2n) is 7.48. The van der Waals surface area contributed by atoms with Crippen molar-refractivity contribution in [2.45, 2.75) is 25.5 Å². The van der Waals surface area contributed by atoms with Gasteiger partial charge in [-0.3, -0.25) is 9.69 Å². The molecule has 0 atom stereocenters. The summed E-state index contributed by atoms with van der Waals surface area (Å²) in [6.07, 6.45) is 1.75. The zero-order valence-corrected chi connectivity index (χ0v) is 18.7. The van der Waals surface area contributed by atoms with Gasteiger partial charge in [0.15, 0.2) is 0 Å². The van der Waals surface area contributed by atoms with Gasteiger partial charge in [0.25, 0.3) is 5.91 Å². The highest BCUT2D eigenvalue weighted by Gasteiger charge is 2.22. The molecule has 7 nitrogen and oxygen atoms in total. The molecule has 1 fully saturated rings. The van der Waals surface area contributed by atoms with Crippen molar-refractivity contribution in [3.8, 4) is 17.2 Å². The van der Waals surface area contributed by atoms with E-state index in [0.717, 1.165) is 37.2 Å². The lowest BCUT2D eigenvalue weighted by atomic mass is 10.1. The Kier molecular flexibility index (Phi) is 8.40. The van der Waals surface area contributed by atoms with Gasteiger partial charge in [0, 0.05) is 44.4 Å². The van der Waals surface area contributed by atoms with Crippen LogP contribution in [0.25, 0.3) is 0 Å². The number of hydrogen-bond donors (Lipinski definition) is 2. The Morgan fingerprint density at radius 2 is 1.97 bits per heavy atom. The van der Waals surface area contributed by atoms with Crippen LogP contribution < -0.4 is 14.8 Å². The molecule has 2 aromatic rings. The molecule has 0 aromatic heterocycles. The summed E-state index contributed by atoms with van der Waals surface area (Å²) in [5, 5.41) is 13.3. The molecule has 168 valence electrons. The number of phenolic OH excluding ortho intramolecular Hbond substituents is 1. The van der Waals surface area contributed by atoms with Gasteiger partial charge in [-0.15, -0.1) is 0 Å². The zero-order chi connectivity index (χ0) is 22.2. The van der Waals surface area contributed by atoms with Gasteiger partial charge in [0.05, 0.1) is 18.7 Å². The Bertz CT molecular complexity index is 884. The van der Waals surface area contributed by atoms with Gasteiger partial charge in [-0.05, 0) is 49.2 Å². The van der Waals surface area contributed by atoms with Gasteiger partial charge in [-0.25, -0.2) is 0 Å². The number of carbonyl (C=O) groups is 1. The second-order valence-corrected chi connectivity index (χ2v) is 7.89. The van der Waals surface area contributed by atoms with Crippen LogP contribution in [0.2, 0.25) is 5.02 Å². The van der Waals surface area contributed by atoms with Crippen molar-refractivity contribution in [1.82, 2.24) is 10.2 Å². The predicted molar refractivity (Wildman–Crippen MR) is 119 cm³/mol. The fourth-order valence-corrected chi connectivity index (χ4v) is 3.75. The lowest BCUT2D eigenvalue weighted by Crippen LogP contribution is -2.37. The minimum absolute atomic E-state index is 0.0500. The number of ether oxygens (including phenoxy) is 3. The molecule has 31 heavy (non-hydrogen) atoms. The number of aromatic hydroxyl groups is 1. The first-order valence-corrected chi connectivity index (χ1v) is 10.7. The van der Waals surface area contributed by atoms with Gasteiger partial charge >= 0.3 is 0 Å². The van der Waals surface area contributed by atoms with Crippen LogP contribution in [-0.2, 0) is 11.3 Å². The molecule has 0 unspecified atom stereocenters. The smallest absolute Gasteiger partial charge is 0.251 e. The summed E-state index contributed by atoms with van der Waals surface area (Å²) < 4.78 is 16.3. The third-order valence-electron chi connectivity index (χ3n) is 5.29. The number of nitrogens with zero attached hydrogens (tertiary/aromatic N) is 1. The van der Waals surface area contributed by atoms with Crippen LogP contribution in [0, 0.1) is 0 Å². The van der Waals surface area contributed by atoms with Crippen LogP contribution in [-0.4, -0.2) is 62.5 Å². The monoisotopic (exact) mass is 448 g/mol. The van der Waals surface area contributed by atoms with Crippen molar-refractivity contribution in [3.05, 3.63) is 52.5 Å². The number of methoxy groups -OCH3 is 2. The number of halogens is 1. The Labute approximate surface area is 187 Å². The van der Waals surface area contributed by atoms with E-state index < -0.39 is 0 Å². The average molecular weight is 449 g/mol. The molecule has 1 aliphatic heterocycles. The van der Waals surface area contributed by atoms with Crippen LogP contribution >= 0.6 is 11.6 Å². The number of nitrogens with one attached hydrogen (secondary N) is 1. The first-order chi connectivity index (χ1) is 15.0. The lowest BCUT2D eigenvalue weighted by Gasteiger charge is -2.32. The topological polar surface area (TPSA) is 80.3 Å². The lowest BCUT2D eigenvalue weighted by molar-refractivity contribution is 0.0935. The number of amides is 1. The van der Waals surface area contributed by atoms with E-state index in [4.69, 9.17) is 25.8 Å². The standard InChI is InChI=1S/C23H29ClN2O5/c1-29-12-9-25-23(28)16-3-6-22(20(24)14-16)31-18-7-10-26(11-8-18)15-17-13-19(30-2)4-5-21(17)27/h3-6,13-14,18,27H,7-12,15H2,1-2H3,(H,25,28). The largest absolute Gasteiger partial charge is 0.508 e. The quantitative estimate of drug-likeness (QED) is 0.572. The Morgan fingerprint density at radius 1 is 1.19 bits per heavy atom. The van der Waals surface area contributed by atoms with Gasteiger partial charge in [-0.2, -0.15) is 0 Å². The molecule has 8 heteroatoms. The first-order valence-electron chi connectivity index (χ1n) is 10.3. The number of carbonyl (C=O) groups excluding carboxylic acids is 1. The summed E-state index contributed by atoms with van der Waals surface area (Å²) in [5.41, 5.74) is 1.34. The molecule has 1 amide bonds. The van der Waals surface area contributed by atoms with Crippen molar-refractivity contribution >= 4 is 17.5 Å². The molecule has 0 radical (unpaired) electrons. The van der Waals surface area contributed by atoms with Crippen LogP contribution in [0.3, 0.4) is 0 Å². The minimum Gasteiger partial charge on any atom is -0.508 e. The minimum atomic E-state index is -0.195. The fraction of sp³-hybridized carbons (Fsp3) is 0.435. The Morgan fingerprint density at radius 3 is 2.65 bits per heavy atom. The number of hydrogen-bond acceptors (Lipinski definition) is 6. The average Bonchev–Trinajstić information content (AvgIpc) is 2.78. The van der Waals surface area contributed by atoms with E-state index in [-0.39, 0.29) is 17.8 Å². The summed E-state index contributed by atoms with van der Waals surface area (Å²) in [6, 6.07) is 10.4. The van der Waals surface area contributed by atoms with Crippen molar-refractivity contribution in [2.75, 3.05) is 40.5 Å². The van der Waals surface area contributed by atoms with E-state index in [1.807, 2.05) is 6.07 Å². The van der Waals surface area contributed by atoms with Gasteiger partial charge in [0.2, 0.25) is 0 Å². The Balaban J connectivity index is 1.51. The molecule has 0 bridgehead atoms. The van der Waals surface area contributed by atoms with E-state index >= 15 is 0 Å². The molecule has 2 N–H and O–H groups in total. The second kappa shape index (κ2) is 11.2. The van der Waals surface area contributed by atoms with Crippen LogP contribution in [0.4, 0.5) is 0 Å². The van der Waals surface area contributed by atoms with Gasteiger partial charge in [-0.1, -0.05) is 11.6 Å². The molecule has 2 aromatic carbocycles. The molecule has 0 saturated carbocycles. The normalized spacial score (nSPS) is 14.9. The predicted octanol–water partition coefficient (Wildman–Crippen LogP) is 3.47. The van der Waals surface area contributed by atoms with Crippen LogP contribution in [0.15, 0.2) is 36.4 Å². The number of phenols is 1. The molecule has 0 spiro atoms. The number of benzene rings is 2. The molecule has 1 aliphatic rings. The number of rotatable bonds is 9. The van der Waals surface area contributed by atoms with Crippen LogP contribution in [0.5, 0.6) is 17.2 Å². The molecular formula is C23H29ClN2O5. The fourth-order valence-electron chi connectivity index (χ4n) is 3.53. The van der Waals surface area contributed by atoms with E-state index in [1.165, 1.54) is 0 Å². The van der Waals surface area contributed by atoms with E-state index in [0.29, 0.717) is 36.0 Å². The summed E-state index contributed by atoms with van der Waals surface area (Å²) in [6.45, 7) is 3.25. The number of piperidine rings is 1. The highest BCUT2D eigenvalue weighted by Crippen LogP contribution is 2.30. The first kappa shape index (κ1) is 23.2. The summed E-state index contributed by atoms with van der Waals surface area (Å²) in [7, 11) is 3.20. The Hall–Kier alpha value is -2.48. The summed E-state index contributed by atoms with van der Waals surface area (Å²) >= 11 is 6.36. The summed E-state index contributed by atoms with van der Waals surface area (Å²) in [4.78, 5) is 14.4. The van der Waals surface area contributed by atoms with E-state index in [1.54, 1.807) is 44.6 Å². The maximum absolute atomic E-state index is 12.1. The highest BCUT2D eigenvalue weighted by molar-refractivity contribution is 6.32. The number of likely N-dealkylation sites (tertiary alicyclic amines) is 1. The van der Waals surface area contributed by atoms with E-state index in [9.17, 15) is 9.90 Å². The SMILES string of the molecule is COCCNC(=O)c1ccc(OC2CCN(Cc3cc(OC)ccc3O)CC2)c(Cl)c1. The van der Waals surface area contributed by atoms with Crippen molar-refractivity contribution in [3.63, 3.8) is 0 Å². The third kappa shape index (κ3) is 6.50. The maximum atomic E-state index is 12.1. The zero-order valence-electron chi connectivity index (χ0n) is 17.9. The van der Waals surface area contributed by atoms with Crippen molar-refractivity contribution < 1.29 is 24.1 Å². The molecule has 3 rings (SSSR count). The molecular weight excluding hydrogens is 420 g/mol. The summed E-state index contributed by atoms with van der Waals surface area (Å²) in [5.74, 6) is 1.40. The van der Waals surface area contributed by atoms with Crippen LogP contribution in [0.1, 0.15) is 28.8 Å². The van der Waals surface area contributed by atoms with Gasteiger partial charge in [0.1, 0.15) is 23.4 Å². The van der Waals surface area contributed by atoms with E-state index in [2.05, 4.69) is 10.2 Å². The van der Waals surface area contributed by atoms with Gasteiger partial charge < -0.3 is 24.6 Å². The molecule has 1 heterocycles. The molecule has 0 aliphatic carbocycles. The van der Waals surface area contributed by atoms with Crippen molar-refractivity contribution in [2.24, 2.45) is 0 Å². The molecule has 1 saturated heterocycles. The highest BCUT2D eigenvalue weighted by atomic mass is 35.5.